The maximum atomic E-state index is 5.20. The predicted octanol–water partition coefficient (Wildman–Crippen LogP) is 4.05. The van der Waals surface area contributed by atoms with E-state index in [-0.39, 0.29) is 0 Å². The molecule has 0 saturated carbocycles. The Kier molecular flexibility index (Phi) is 3.62. The summed E-state index contributed by atoms with van der Waals surface area (Å²) in [6.45, 7) is 0. The molecular formula is C14H13BrO. The molecular weight excluding hydrogens is 264 g/mol. The molecule has 2 aromatic rings. The highest BCUT2D eigenvalue weighted by Gasteiger charge is 2.01. The number of halogens is 1. The van der Waals surface area contributed by atoms with Gasteiger partial charge in [0.1, 0.15) is 5.75 Å². The summed E-state index contributed by atoms with van der Waals surface area (Å²) in [5, 5.41) is 0. The van der Waals surface area contributed by atoms with Gasteiger partial charge in [-0.1, -0.05) is 36.4 Å². The zero-order valence-corrected chi connectivity index (χ0v) is 10.7. The summed E-state index contributed by atoms with van der Waals surface area (Å²) in [5.74, 6) is 0.872. The van der Waals surface area contributed by atoms with Gasteiger partial charge in [0.25, 0.3) is 0 Å². The van der Waals surface area contributed by atoms with Crippen LogP contribution < -0.4 is 4.74 Å². The third-order valence-corrected chi connectivity index (χ3v) is 3.09. The topological polar surface area (TPSA) is 9.23 Å². The second kappa shape index (κ2) is 5.17. The van der Waals surface area contributed by atoms with Gasteiger partial charge in [0, 0.05) is 0 Å². The molecule has 0 unspecified atom stereocenters. The van der Waals surface area contributed by atoms with Crippen molar-refractivity contribution in [1.29, 1.82) is 0 Å². The van der Waals surface area contributed by atoms with Crippen molar-refractivity contribution in [2.75, 3.05) is 7.11 Å². The van der Waals surface area contributed by atoms with Crippen LogP contribution in [0.3, 0.4) is 0 Å². The first-order chi connectivity index (χ1) is 7.79. The Morgan fingerprint density at radius 2 is 1.75 bits per heavy atom. The molecule has 0 saturated heterocycles. The van der Waals surface area contributed by atoms with Crippen LogP contribution >= 0.6 is 15.9 Å². The molecule has 0 aliphatic rings. The number of hydrogen-bond donors (Lipinski definition) is 0. The Morgan fingerprint density at radius 1 is 1.00 bits per heavy atom. The molecule has 0 fully saturated rings. The molecule has 0 bridgehead atoms. The molecule has 2 heteroatoms. The summed E-state index contributed by atoms with van der Waals surface area (Å²) in [6.07, 6.45) is 0.948. The van der Waals surface area contributed by atoms with Gasteiger partial charge in [0.15, 0.2) is 0 Å². The van der Waals surface area contributed by atoms with E-state index in [1.807, 2.05) is 12.1 Å². The van der Waals surface area contributed by atoms with Gasteiger partial charge in [-0.15, -0.1) is 0 Å². The lowest BCUT2D eigenvalue weighted by Crippen LogP contribution is -1.90. The van der Waals surface area contributed by atoms with Crippen LogP contribution in [0.2, 0.25) is 0 Å². The molecule has 0 aromatic heterocycles. The Labute approximate surface area is 104 Å². The van der Waals surface area contributed by atoms with Crippen LogP contribution in [0.15, 0.2) is 53.0 Å². The van der Waals surface area contributed by atoms with E-state index in [4.69, 9.17) is 4.74 Å². The van der Waals surface area contributed by atoms with E-state index >= 15 is 0 Å². The number of rotatable bonds is 3. The lowest BCUT2D eigenvalue weighted by atomic mass is 10.1. The monoisotopic (exact) mass is 276 g/mol. The van der Waals surface area contributed by atoms with Crippen LogP contribution in [0.1, 0.15) is 11.1 Å². The summed E-state index contributed by atoms with van der Waals surface area (Å²) >= 11 is 3.50. The van der Waals surface area contributed by atoms with E-state index in [0.29, 0.717) is 0 Å². The molecule has 0 radical (unpaired) electrons. The van der Waals surface area contributed by atoms with Crippen molar-refractivity contribution in [3.8, 4) is 5.75 Å². The fraction of sp³-hybridized carbons (Fsp3) is 0.143. The van der Waals surface area contributed by atoms with Crippen LogP contribution in [0, 0.1) is 0 Å². The van der Waals surface area contributed by atoms with Gasteiger partial charge in [-0.25, -0.2) is 0 Å². The van der Waals surface area contributed by atoms with E-state index in [1.54, 1.807) is 7.11 Å². The summed E-state index contributed by atoms with van der Waals surface area (Å²) < 4.78 is 6.21. The van der Waals surface area contributed by atoms with E-state index in [2.05, 4.69) is 52.3 Å². The molecule has 0 atom stereocenters. The Balaban J connectivity index is 2.20. The van der Waals surface area contributed by atoms with Crippen molar-refractivity contribution in [1.82, 2.24) is 0 Å². The van der Waals surface area contributed by atoms with Crippen molar-refractivity contribution in [2.45, 2.75) is 6.42 Å². The van der Waals surface area contributed by atoms with Crippen LogP contribution in [0.25, 0.3) is 0 Å². The van der Waals surface area contributed by atoms with Gasteiger partial charge in [0.05, 0.1) is 11.6 Å². The first kappa shape index (κ1) is 11.2. The van der Waals surface area contributed by atoms with Crippen molar-refractivity contribution in [2.24, 2.45) is 0 Å². The first-order valence-electron chi connectivity index (χ1n) is 5.16. The van der Waals surface area contributed by atoms with Gasteiger partial charge in [-0.05, 0) is 45.6 Å². The molecule has 0 N–H and O–H groups in total. The average molecular weight is 277 g/mol. The second-order valence-electron chi connectivity index (χ2n) is 3.63. The molecule has 0 amide bonds. The zero-order chi connectivity index (χ0) is 11.4. The SMILES string of the molecule is COc1ccc(Cc2ccccc2)cc1Br. The lowest BCUT2D eigenvalue weighted by molar-refractivity contribution is 0.412. The molecule has 2 aromatic carbocycles. The minimum absolute atomic E-state index is 0.872. The normalized spacial score (nSPS) is 10.1. The minimum atomic E-state index is 0.872. The molecule has 16 heavy (non-hydrogen) atoms. The quantitative estimate of drug-likeness (QED) is 0.822. The Morgan fingerprint density at radius 3 is 2.38 bits per heavy atom. The highest BCUT2D eigenvalue weighted by atomic mass is 79.9. The summed E-state index contributed by atoms with van der Waals surface area (Å²) in [7, 11) is 1.68. The van der Waals surface area contributed by atoms with E-state index in [1.165, 1.54) is 11.1 Å². The van der Waals surface area contributed by atoms with Gasteiger partial charge >= 0.3 is 0 Å². The molecule has 0 aliphatic carbocycles. The summed E-state index contributed by atoms with van der Waals surface area (Å²) in [5.41, 5.74) is 2.60. The summed E-state index contributed by atoms with van der Waals surface area (Å²) in [6, 6.07) is 16.6. The van der Waals surface area contributed by atoms with Gasteiger partial charge in [-0.2, -0.15) is 0 Å². The number of ether oxygens (including phenoxy) is 1. The minimum Gasteiger partial charge on any atom is -0.496 e. The first-order valence-corrected chi connectivity index (χ1v) is 5.95. The fourth-order valence-electron chi connectivity index (χ4n) is 1.65. The fourth-order valence-corrected chi connectivity index (χ4v) is 2.24. The smallest absolute Gasteiger partial charge is 0.133 e. The molecule has 0 spiro atoms. The molecule has 1 nitrogen and oxygen atoms in total. The predicted molar refractivity (Wildman–Crippen MR) is 69.9 cm³/mol. The number of methoxy groups -OCH3 is 1. The van der Waals surface area contributed by atoms with Gasteiger partial charge < -0.3 is 4.74 Å². The highest BCUT2D eigenvalue weighted by Crippen LogP contribution is 2.26. The molecule has 0 heterocycles. The summed E-state index contributed by atoms with van der Waals surface area (Å²) in [4.78, 5) is 0. The van der Waals surface area contributed by atoms with E-state index < -0.39 is 0 Å². The van der Waals surface area contributed by atoms with Crippen LogP contribution in [-0.2, 0) is 6.42 Å². The van der Waals surface area contributed by atoms with Gasteiger partial charge in [0.2, 0.25) is 0 Å². The maximum absolute atomic E-state index is 5.20. The largest absolute Gasteiger partial charge is 0.496 e. The third kappa shape index (κ3) is 2.64. The lowest BCUT2D eigenvalue weighted by Gasteiger charge is -2.06. The van der Waals surface area contributed by atoms with Gasteiger partial charge in [-0.3, -0.25) is 0 Å². The van der Waals surface area contributed by atoms with E-state index in [0.717, 1.165) is 16.6 Å². The van der Waals surface area contributed by atoms with Crippen molar-refractivity contribution in [3.63, 3.8) is 0 Å². The standard InChI is InChI=1S/C14H13BrO/c1-16-14-8-7-12(10-13(14)15)9-11-5-3-2-4-6-11/h2-8,10H,9H2,1H3. The Bertz CT molecular complexity index is 465. The number of hydrogen-bond acceptors (Lipinski definition) is 1. The molecule has 2 rings (SSSR count). The zero-order valence-electron chi connectivity index (χ0n) is 9.11. The van der Waals surface area contributed by atoms with Crippen molar-refractivity contribution in [3.05, 3.63) is 64.1 Å². The maximum Gasteiger partial charge on any atom is 0.133 e. The number of benzene rings is 2. The molecule has 82 valence electrons. The third-order valence-electron chi connectivity index (χ3n) is 2.47. The van der Waals surface area contributed by atoms with Crippen molar-refractivity contribution >= 4 is 15.9 Å². The molecule has 0 aliphatic heterocycles. The van der Waals surface area contributed by atoms with E-state index in [9.17, 15) is 0 Å². The van der Waals surface area contributed by atoms with Crippen LogP contribution in [0.5, 0.6) is 5.75 Å². The van der Waals surface area contributed by atoms with Crippen LogP contribution in [0.4, 0.5) is 0 Å². The average Bonchev–Trinajstić information content (AvgIpc) is 2.31. The van der Waals surface area contributed by atoms with Crippen molar-refractivity contribution < 1.29 is 4.74 Å². The Hall–Kier alpha value is -1.28. The second-order valence-corrected chi connectivity index (χ2v) is 4.49. The highest BCUT2D eigenvalue weighted by molar-refractivity contribution is 9.10. The van der Waals surface area contributed by atoms with Crippen LogP contribution in [-0.4, -0.2) is 7.11 Å².